The van der Waals surface area contributed by atoms with E-state index in [2.05, 4.69) is 5.32 Å². The van der Waals surface area contributed by atoms with Crippen LogP contribution in [0.3, 0.4) is 0 Å². The third-order valence-corrected chi connectivity index (χ3v) is 3.54. The van der Waals surface area contributed by atoms with Crippen molar-refractivity contribution in [1.29, 1.82) is 0 Å². The molecule has 0 aromatic heterocycles. The highest BCUT2D eigenvalue weighted by Gasteiger charge is 2.44. The van der Waals surface area contributed by atoms with Crippen molar-refractivity contribution in [1.82, 2.24) is 10.2 Å². The minimum atomic E-state index is -2.72. The molecule has 1 N–H and O–H groups in total. The van der Waals surface area contributed by atoms with E-state index in [9.17, 15) is 13.6 Å². The second kappa shape index (κ2) is 7.88. The summed E-state index contributed by atoms with van der Waals surface area (Å²) < 4.78 is 33.0. The highest BCUT2D eigenvalue weighted by atomic mass is 19.3. The van der Waals surface area contributed by atoms with E-state index in [1.165, 1.54) is 0 Å². The van der Waals surface area contributed by atoms with E-state index < -0.39 is 11.8 Å². The van der Waals surface area contributed by atoms with Gasteiger partial charge in [0.2, 0.25) is 5.91 Å². The first kappa shape index (κ1) is 17.3. The van der Waals surface area contributed by atoms with Crippen LogP contribution in [0.15, 0.2) is 0 Å². The average Bonchev–Trinajstić information content (AvgIpc) is 2.30. The number of halogens is 2. The highest BCUT2D eigenvalue weighted by molar-refractivity contribution is 5.78. The van der Waals surface area contributed by atoms with Gasteiger partial charge in [0.1, 0.15) is 0 Å². The number of alkyl halides is 2. The van der Waals surface area contributed by atoms with Crippen molar-refractivity contribution >= 4 is 5.91 Å². The largest absolute Gasteiger partial charge is 0.385 e. The van der Waals surface area contributed by atoms with Crippen LogP contribution in [-0.2, 0) is 9.53 Å². The highest BCUT2D eigenvalue weighted by Crippen LogP contribution is 2.35. The standard InChI is InChI=1S/C14H26F2N2O2/c1-11(2)17-13(19)9-18-7-6-12(5-4-8-20-3)14(15,16)10-18/h11-12H,4-10H2,1-3H3,(H,17,19)/t12-/m1/s1. The summed E-state index contributed by atoms with van der Waals surface area (Å²) in [5.74, 6) is -3.50. The van der Waals surface area contributed by atoms with Crippen molar-refractivity contribution in [2.75, 3.05) is 33.4 Å². The van der Waals surface area contributed by atoms with Gasteiger partial charge in [0, 0.05) is 25.7 Å². The number of hydrogen-bond donors (Lipinski definition) is 1. The average molecular weight is 292 g/mol. The fraction of sp³-hybridized carbons (Fsp3) is 0.929. The number of ether oxygens (including phenoxy) is 1. The van der Waals surface area contributed by atoms with Crippen LogP contribution in [0.2, 0.25) is 0 Å². The van der Waals surface area contributed by atoms with E-state index in [1.807, 2.05) is 13.8 Å². The molecular formula is C14H26F2N2O2. The minimum absolute atomic E-state index is 0.0367. The summed E-state index contributed by atoms with van der Waals surface area (Å²) >= 11 is 0. The fourth-order valence-electron chi connectivity index (χ4n) is 2.59. The molecular weight excluding hydrogens is 266 g/mol. The molecule has 20 heavy (non-hydrogen) atoms. The lowest BCUT2D eigenvalue weighted by Gasteiger charge is -2.38. The topological polar surface area (TPSA) is 41.6 Å². The van der Waals surface area contributed by atoms with Gasteiger partial charge >= 0.3 is 0 Å². The van der Waals surface area contributed by atoms with Crippen LogP contribution >= 0.6 is 0 Å². The van der Waals surface area contributed by atoms with Gasteiger partial charge in [-0.2, -0.15) is 0 Å². The summed E-state index contributed by atoms with van der Waals surface area (Å²) in [6.07, 6.45) is 1.57. The Labute approximate surface area is 119 Å². The van der Waals surface area contributed by atoms with Crippen molar-refractivity contribution < 1.29 is 18.3 Å². The third-order valence-electron chi connectivity index (χ3n) is 3.54. The fourth-order valence-corrected chi connectivity index (χ4v) is 2.59. The van der Waals surface area contributed by atoms with Crippen LogP contribution in [-0.4, -0.2) is 56.1 Å². The lowest BCUT2D eigenvalue weighted by Crippen LogP contribution is -2.51. The molecule has 118 valence electrons. The molecule has 0 saturated carbocycles. The first-order chi connectivity index (χ1) is 9.35. The Morgan fingerprint density at radius 1 is 1.50 bits per heavy atom. The Hall–Kier alpha value is -0.750. The summed E-state index contributed by atoms with van der Waals surface area (Å²) in [7, 11) is 1.58. The summed E-state index contributed by atoms with van der Waals surface area (Å²) in [6, 6.07) is 0.0367. The molecule has 0 aliphatic carbocycles. The van der Waals surface area contributed by atoms with Crippen LogP contribution in [0.25, 0.3) is 0 Å². The molecule has 1 heterocycles. The molecule has 1 atom stereocenters. The van der Waals surface area contributed by atoms with Crippen LogP contribution in [0.1, 0.15) is 33.1 Å². The Morgan fingerprint density at radius 3 is 2.75 bits per heavy atom. The molecule has 1 saturated heterocycles. The maximum Gasteiger partial charge on any atom is 0.263 e. The van der Waals surface area contributed by atoms with Gasteiger partial charge in [-0.3, -0.25) is 9.69 Å². The third kappa shape index (κ3) is 5.71. The molecule has 1 aliphatic heterocycles. The molecule has 0 bridgehead atoms. The Morgan fingerprint density at radius 2 is 2.20 bits per heavy atom. The Kier molecular flexibility index (Phi) is 6.82. The lowest BCUT2D eigenvalue weighted by atomic mass is 9.88. The van der Waals surface area contributed by atoms with E-state index >= 15 is 0 Å². The van der Waals surface area contributed by atoms with Crippen molar-refractivity contribution in [2.45, 2.75) is 45.1 Å². The van der Waals surface area contributed by atoms with Crippen LogP contribution in [0.4, 0.5) is 8.78 Å². The SMILES string of the molecule is COCCC[C@@H]1CCN(CC(=O)NC(C)C)CC1(F)F. The summed E-state index contributed by atoms with van der Waals surface area (Å²) in [4.78, 5) is 13.2. The second-order valence-electron chi connectivity index (χ2n) is 5.81. The number of piperidine rings is 1. The first-order valence-electron chi connectivity index (χ1n) is 7.23. The molecule has 1 aliphatic rings. The maximum absolute atomic E-state index is 14.0. The molecule has 4 nitrogen and oxygen atoms in total. The smallest absolute Gasteiger partial charge is 0.263 e. The predicted octanol–water partition coefficient (Wildman–Crippen LogP) is 1.89. The van der Waals surface area contributed by atoms with Gasteiger partial charge < -0.3 is 10.1 Å². The molecule has 0 aromatic rings. The number of likely N-dealkylation sites (tertiary alicyclic amines) is 1. The van der Waals surface area contributed by atoms with E-state index in [0.29, 0.717) is 32.4 Å². The van der Waals surface area contributed by atoms with Crippen molar-refractivity contribution in [2.24, 2.45) is 5.92 Å². The van der Waals surface area contributed by atoms with E-state index in [0.717, 1.165) is 0 Å². The predicted molar refractivity (Wildman–Crippen MR) is 73.9 cm³/mol. The number of nitrogens with one attached hydrogen (secondary N) is 1. The molecule has 0 unspecified atom stereocenters. The van der Waals surface area contributed by atoms with Crippen LogP contribution in [0, 0.1) is 5.92 Å². The Balaban J connectivity index is 2.41. The summed E-state index contributed by atoms with van der Waals surface area (Å²) in [5.41, 5.74) is 0. The van der Waals surface area contributed by atoms with Gasteiger partial charge in [0.25, 0.3) is 5.92 Å². The zero-order valence-corrected chi connectivity index (χ0v) is 12.6. The zero-order valence-electron chi connectivity index (χ0n) is 12.6. The monoisotopic (exact) mass is 292 g/mol. The van der Waals surface area contributed by atoms with Gasteiger partial charge in [0.05, 0.1) is 13.1 Å². The quantitative estimate of drug-likeness (QED) is 0.729. The van der Waals surface area contributed by atoms with Gasteiger partial charge in [-0.15, -0.1) is 0 Å². The van der Waals surface area contributed by atoms with Crippen LogP contribution < -0.4 is 5.32 Å². The molecule has 6 heteroatoms. The molecule has 1 fully saturated rings. The Bertz CT molecular complexity index is 312. The molecule has 1 amide bonds. The van der Waals surface area contributed by atoms with Gasteiger partial charge in [-0.1, -0.05) is 0 Å². The lowest BCUT2D eigenvalue weighted by molar-refractivity contribution is -0.132. The van der Waals surface area contributed by atoms with E-state index in [1.54, 1.807) is 12.0 Å². The number of methoxy groups -OCH3 is 1. The van der Waals surface area contributed by atoms with E-state index in [4.69, 9.17) is 4.74 Å². The molecule has 0 spiro atoms. The number of rotatable bonds is 7. The molecule has 0 radical (unpaired) electrons. The number of amides is 1. The van der Waals surface area contributed by atoms with Gasteiger partial charge in [-0.05, 0) is 39.7 Å². The van der Waals surface area contributed by atoms with E-state index in [-0.39, 0.29) is 25.0 Å². The molecule has 1 rings (SSSR count). The van der Waals surface area contributed by atoms with Gasteiger partial charge in [0.15, 0.2) is 0 Å². The maximum atomic E-state index is 14.0. The van der Waals surface area contributed by atoms with Crippen molar-refractivity contribution in [3.63, 3.8) is 0 Å². The first-order valence-corrected chi connectivity index (χ1v) is 7.23. The number of hydrogen-bond acceptors (Lipinski definition) is 3. The second-order valence-corrected chi connectivity index (χ2v) is 5.81. The van der Waals surface area contributed by atoms with Gasteiger partial charge in [-0.25, -0.2) is 8.78 Å². The summed E-state index contributed by atoms with van der Waals surface area (Å²) in [6.45, 7) is 4.52. The normalized spacial score (nSPS) is 23.0. The van der Waals surface area contributed by atoms with Crippen LogP contribution in [0.5, 0.6) is 0 Å². The molecule has 0 aromatic carbocycles. The van der Waals surface area contributed by atoms with Crippen molar-refractivity contribution in [3.05, 3.63) is 0 Å². The number of carbonyl (C=O) groups excluding carboxylic acids is 1. The number of nitrogens with zero attached hydrogens (tertiary/aromatic N) is 1. The minimum Gasteiger partial charge on any atom is -0.385 e. The summed E-state index contributed by atoms with van der Waals surface area (Å²) in [5, 5.41) is 2.73. The zero-order chi connectivity index (χ0) is 15.2. The van der Waals surface area contributed by atoms with Crippen molar-refractivity contribution in [3.8, 4) is 0 Å². The number of carbonyl (C=O) groups is 1.